The van der Waals surface area contributed by atoms with Crippen molar-refractivity contribution in [2.24, 2.45) is 5.73 Å². The highest BCUT2D eigenvalue weighted by Gasteiger charge is 2.15. The van der Waals surface area contributed by atoms with Gasteiger partial charge in [-0.15, -0.1) is 12.4 Å². The summed E-state index contributed by atoms with van der Waals surface area (Å²) >= 11 is 9.50. The molecule has 0 bridgehead atoms. The summed E-state index contributed by atoms with van der Waals surface area (Å²) in [7, 11) is 1.62. The number of hydrogen-bond acceptors (Lipinski definition) is 2. The van der Waals surface area contributed by atoms with Gasteiger partial charge < -0.3 is 10.5 Å². The van der Waals surface area contributed by atoms with Crippen LogP contribution in [0.25, 0.3) is 0 Å². The third-order valence-electron chi connectivity index (χ3n) is 2.13. The van der Waals surface area contributed by atoms with Crippen LogP contribution < -0.4 is 10.5 Å². The quantitative estimate of drug-likeness (QED) is 0.899. The molecule has 0 fully saturated rings. The van der Waals surface area contributed by atoms with Crippen molar-refractivity contribution in [2.75, 3.05) is 7.11 Å². The van der Waals surface area contributed by atoms with E-state index in [9.17, 15) is 0 Å². The van der Waals surface area contributed by atoms with Crippen LogP contribution in [0.15, 0.2) is 10.5 Å². The number of halogens is 3. The third kappa shape index (κ3) is 3.00. The summed E-state index contributed by atoms with van der Waals surface area (Å²) < 4.78 is 6.16. The molecule has 0 heterocycles. The van der Waals surface area contributed by atoms with Crippen LogP contribution >= 0.6 is 39.9 Å². The maximum Gasteiger partial charge on any atom is 0.138 e. The largest absolute Gasteiger partial charge is 0.495 e. The number of rotatable bonds is 2. The Morgan fingerprint density at radius 2 is 2.07 bits per heavy atom. The summed E-state index contributed by atoms with van der Waals surface area (Å²) in [5, 5.41) is 0.699. The molecule has 0 aliphatic heterocycles. The van der Waals surface area contributed by atoms with Gasteiger partial charge >= 0.3 is 0 Å². The van der Waals surface area contributed by atoms with Crippen molar-refractivity contribution in [1.29, 1.82) is 0 Å². The molecular formula is C10H14BrCl2NO. The molecule has 1 rings (SSSR count). The lowest BCUT2D eigenvalue weighted by Crippen LogP contribution is -2.08. The minimum Gasteiger partial charge on any atom is -0.495 e. The molecule has 2 N–H and O–H groups in total. The topological polar surface area (TPSA) is 35.2 Å². The normalized spacial score (nSPS) is 11.9. The monoisotopic (exact) mass is 313 g/mol. The molecule has 0 aliphatic rings. The molecule has 2 nitrogen and oxygen atoms in total. The Hall–Kier alpha value is 0.0400. The van der Waals surface area contributed by atoms with Gasteiger partial charge in [-0.25, -0.2) is 0 Å². The first-order valence-electron chi connectivity index (χ1n) is 4.27. The van der Waals surface area contributed by atoms with E-state index in [-0.39, 0.29) is 18.4 Å². The van der Waals surface area contributed by atoms with Gasteiger partial charge in [0, 0.05) is 16.6 Å². The van der Waals surface area contributed by atoms with Gasteiger partial charge in [-0.2, -0.15) is 0 Å². The molecule has 0 radical (unpaired) electrons. The van der Waals surface area contributed by atoms with Crippen LogP contribution in [0, 0.1) is 6.92 Å². The van der Waals surface area contributed by atoms with E-state index in [0.717, 1.165) is 21.3 Å². The zero-order chi connectivity index (χ0) is 10.9. The molecule has 0 spiro atoms. The van der Waals surface area contributed by atoms with E-state index >= 15 is 0 Å². The fraction of sp³-hybridized carbons (Fsp3) is 0.400. The van der Waals surface area contributed by atoms with Gasteiger partial charge in [0.05, 0.1) is 11.6 Å². The maximum absolute atomic E-state index is 6.05. The van der Waals surface area contributed by atoms with Gasteiger partial charge in [-0.05, 0) is 41.4 Å². The Morgan fingerprint density at radius 1 is 1.53 bits per heavy atom. The predicted molar refractivity (Wildman–Crippen MR) is 70.3 cm³/mol. The molecule has 0 aliphatic carbocycles. The second-order valence-corrected chi connectivity index (χ2v) is 4.41. The van der Waals surface area contributed by atoms with Gasteiger partial charge in [0.25, 0.3) is 0 Å². The van der Waals surface area contributed by atoms with E-state index in [1.165, 1.54) is 0 Å². The molecule has 1 atom stereocenters. The van der Waals surface area contributed by atoms with Gasteiger partial charge in [-0.1, -0.05) is 11.6 Å². The van der Waals surface area contributed by atoms with Gasteiger partial charge in [0.15, 0.2) is 0 Å². The van der Waals surface area contributed by atoms with E-state index in [2.05, 4.69) is 15.9 Å². The van der Waals surface area contributed by atoms with Crippen LogP contribution in [-0.2, 0) is 0 Å². The molecular weight excluding hydrogens is 301 g/mol. The van der Waals surface area contributed by atoms with E-state index in [4.69, 9.17) is 22.1 Å². The van der Waals surface area contributed by atoms with Crippen molar-refractivity contribution in [3.05, 3.63) is 26.7 Å². The second-order valence-electron chi connectivity index (χ2n) is 3.21. The molecule has 0 saturated heterocycles. The summed E-state index contributed by atoms with van der Waals surface area (Å²) in [6.45, 7) is 3.83. The van der Waals surface area contributed by atoms with E-state index < -0.39 is 0 Å². The van der Waals surface area contributed by atoms with E-state index in [0.29, 0.717) is 5.02 Å². The molecule has 1 aromatic carbocycles. The molecule has 1 unspecified atom stereocenters. The first kappa shape index (κ1) is 15.0. The van der Waals surface area contributed by atoms with Crippen molar-refractivity contribution in [3.8, 4) is 5.75 Å². The van der Waals surface area contributed by atoms with Crippen molar-refractivity contribution in [2.45, 2.75) is 19.9 Å². The standard InChI is InChI=1S/C10H13BrClNO.ClH/c1-5-8(12)4-7(6(2)13)10(14-3)9(5)11;/h4,6H,13H2,1-3H3;1H. The Labute approximate surface area is 110 Å². The van der Waals surface area contributed by atoms with Crippen LogP contribution in [-0.4, -0.2) is 7.11 Å². The lowest BCUT2D eigenvalue weighted by atomic mass is 10.1. The van der Waals surface area contributed by atoms with Crippen LogP contribution in [0.4, 0.5) is 0 Å². The van der Waals surface area contributed by atoms with Crippen molar-refractivity contribution < 1.29 is 4.74 Å². The van der Waals surface area contributed by atoms with Gasteiger partial charge in [-0.3, -0.25) is 0 Å². The first-order chi connectivity index (χ1) is 6.49. The average Bonchev–Trinajstić information content (AvgIpc) is 2.13. The van der Waals surface area contributed by atoms with Crippen LogP contribution in [0.5, 0.6) is 5.75 Å². The number of hydrogen-bond donors (Lipinski definition) is 1. The zero-order valence-corrected chi connectivity index (χ0v) is 12.0. The van der Waals surface area contributed by atoms with Crippen molar-refractivity contribution >= 4 is 39.9 Å². The number of ether oxygens (including phenoxy) is 1. The lowest BCUT2D eigenvalue weighted by Gasteiger charge is -2.16. The minimum absolute atomic E-state index is 0. The smallest absolute Gasteiger partial charge is 0.138 e. The highest BCUT2D eigenvalue weighted by molar-refractivity contribution is 9.10. The highest BCUT2D eigenvalue weighted by atomic mass is 79.9. The summed E-state index contributed by atoms with van der Waals surface area (Å²) in [6, 6.07) is 1.75. The van der Waals surface area contributed by atoms with Crippen LogP contribution in [0.2, 0.25) is 5.02 Å². The Morgan fingerprint density at radius 3 is 2.47 bits per heavy atom. The summed E-state index contributed by atoms with van der Waals surface area (Å²) in [4.78, 5) is 0. The summed E-state index contributed by atoms with van der Waals surface area (Å²) in [5.74, 6) is 0.766. The highest BCUT2D eigenvalue weighted by Crippen LogP contribution is 2.38. The number of benzene rings is 1. The summed E-state index contributed by atoms with van der Waals surface area (Å²) in [5.41, 5.74) is 7.70. The lowest BCUT2D eigenvalue weighted by molar-refractivity contribution is 0.404. The van der Waals surface area contributed by atoms with Crippen LogP contribution in [0.3, 0.4) is 0 Å². The minimum atomic E-state index is -0.0978. The predicted octanol–water partition coefficient (Wildman–Crippen LogP) is 3.86. The van der Waals surface area contributed by atoms with Crippen molar-refractivity contribution in [1.82, 2.24) is 0 Å². The molecule has 5 heteroatoms. The molecule has 0 saturated carbocycles. The number of nitrogens with two attached hydrogens (primary N) is 1. The molecule has 15 heavy (non-hydrogen) atoms. The fourth-order valence-electron chi connectivity index (χ4n) is 1.26. The third-order valence-corrected chi connectivity index (χ3v) is 3.47. The maximum atomic E-state index is 6.05. The second kappa shape index (κ2) is 5.94. The zero-order valence-electron chi connectivity index (χ0n) is 8.80. The average molecular weight is 315 g/mol. The Kier molecular flexibility index (Phi) is 5.96. The summed E-state index contributed by atoms with van der Waals surface area (Å²) in [6.07, 6.45) is 0. The van der Waals surface area contributed by atoms with Crippen LogP contribution in [0.1, 0.15) is 24.1 Å². The molecule has 86 valence electrons. The van der Waals surface area contributed by atoms with Gasteiger partial charge in [0.2, 0.25) is 0 Å². The molecule has 0 amide bonds. The Balaban J connectivity index is 0.00000196. The van der Waals surface area contributed by atoms with E-state index in [1.54, 1.807) is 7.11 Å². The van der Waals surface area contributed by atoms with Crippen molar-refractivity contribution in [3.63, 3.8) is 0 Å². The first-order valence-corrected chi connectivity index (χ1v) is 5.44. The van der Waals surface area contributed by atoms with E-state index in [1.807, 2.05) is 19.9 Å². The Bertz CT molecular complexity index is 356. The fourth-order valence-corrected chi connectivity index (χ4v) is 2.19. The molecule has 0 aromatic heterocycles. The molecule has 1 aromatic rings. The SMILES string of the molecule is COc1c(C(C)N)cc(Cl)c(C)c1Br.Cl. The van der Waals surface area contributed by atoms with Gasteiger partial charge in [0.1, 0.15) is 5.75 Å². The number of methoxy groups -OCH3 is 1.